The summed E-state index contributed by atoms with van der Waals surface area (Å²) in [5.74, 6) is 0.865. The quantitative estimate of drug-likeness (QED) is 0.865. The Morgan fingerprint density at radius 2 is 2.09 bits per heavy atom. The van der Waals surface area contributed by atoms with Gasteiger partial charge in [-0.15, -0.1) is 0 Å². The predicted molar refractivity (Wildman–Crippen MR) is 86.5 cm³/mol. The van der Waals surface area contributed by atoms with Gasteiger partial charge in [0.2, 0.25) is 0 Å². The van der Waals surface area contributed by atoms with E-state index in [1.165, 1.54) is 4.90 Å². The standard InChI is InChI=1S/C18H22N2O3/c1-14-4-2-5-15(12-14)18(21)19-13-16(17-6-3-9-23-17)20-7-10-22-11-8-20/h2-6,9,12,16H,7-8,10-11,13H2,1H3,(H,19,21)/p+1/t16-/m1/s1. The number of nitrogens with one attached hydrogen (secondary N) is 2. The van der Waals surface area contributed by atoms with Crippen LogP contribution in [0.1, 0.15) is 27.7 Å². The van der Waals surface area contributed by atoms with Crippen molar-refractivity contribution in [2.24, 2.45) is 0 Å². The van der Waals surface area contributed by atoms with Crippen LogP contribution < -0.4 is 10.2 Å². The van der Waals surface area contributed by atoms with Crippen molar-refractivity contribution in [3.05, 3.63) is 59.5 Å². The summed E-state index contributed by atoms with van der Waals surface area (Å²) in [5.41, 5.74) is 1.78. The number of carbonyl (C=O) groups is 1. The van der Waals surface area contributed by atoms with E-state index >= 15 is 0 Å². The maximum absolute atomic E-state index is 12.4. The molecule has 2 aromatic rings. The van der Waals surface area contributed by atoms with Gasteiger partial charge in [0, 0.05) is 5.56 Å². The summed E-state index contributed by atoms with van der Waals surface area (Å²) in [6.45, 7) is 5.88. The Kier molecular flexibility index (Phi) is 5.10. The number of furan rings is 1. The molecule has 1 aliphatic rings. The Morgan fingerprint density at radius 3 is 2.78 bits per heavy atom. The lowest BCUT2D eigenvalue weighted by Crippen LogP contribution is -3.15. The molecule has 5 heteroatoms. The van der Waals surface area contributed by atoms with Crippen molar-refractivity contribution in [3.8, 4) is 0 Å². The van der Waals surface area contributed by atoms with Crippen LogP contribution in [0, 0.1) is 6.92 Å². The fourth-order valence-electron chi connectivity index (χ4n) is 3.00. The van der Waals surface area contributed by atoms with E-state index in [-0.39, 0.29) is 11.9 Å². The first-order valence-electron chi connectivity index (χ1n) is 8.04. The van der Waals surface area contributed by atoms with Crippen LogP contribution in [0.2, 0.25) is 0 Å². The molecule has 1 saturated heterocycles. The molecule has 0 bridgehead atoms. The molecule has 2 N–H and O–H groups in total. The van der Waals surface area contributed by atoms with Crippen LogP contribution in [0.15, 0.2) is 47.1 Å². The Balaban J connectivity index is 1.67. The summed E-state index contributed by atoms with van der Waals surface area (Å²) in [6.07, 6.45) is 1.69. The first-order chi connectivity index (χ1) is 11.2. The fourth-order valence-corrected chi connectivity index (χ4v) is 3.00. The van der Waals surface area contributed by atoms with Crippen molar-refractivity contribution in [3.63, 3.8) is 0 Å². The minimum atomic E-state index is -0.0436. The summed E-state index contributed by atoms with van der Waals surface area (Å²) in [5, 5.41) is 3.05. The SMILES string of the molecule is Cc1cccc(C(=O)NC[C@H](c2ccco2)[NH+]2CCOCC2)c1. The molecule has 3 rings (SSSR count). The van der Waals surface area contributed by atoms with E-state index in [0.717, 1.165) is 37.6 Å². The molecule has 5 nitrogen and oxygen atoms in total. The molecule has 1 fully saturated rings. The van der Waals surface area contributed by atoms with Crippen molar-refractivity contribution in [2.45, 2.75) is 13.0 Å². The van der Waals surface area contributed by atoms with Gasteiger partial charge in [-0.05, 0) is 31.2 Å². The maximum atomic E-state index is 12.4. The third kappa shape index (κ3) is 4.00. The lowest BCUT2D eigenvalue weighted by Gasteiger charge is -2.30. The Hall–Kier alpha value is -2.11. The van der Waals surface area contributed by atoms with E-state index in [2.05, 4.69) is 5.32 Å². The highest BCUT2D eigenvalue weighted by atomic mass is 16.5. The average Bonchev–Trinajstić information content (AvgIpc) is 3.10. The number of benzene rings is 1. The van der Waals surface area contributed by atoms with Crippen LogP contribution in [0.25, 0.3) is 0 Å². The first kappa shape index (κ1) is 15.8. The number of aryl methyl sites for hydroxylation is 1. The average molecular weight is 315 g/mol. The number of hydrogen-bond donors (Lipinski definition) is 2. The van der Waals surface area contributed by atoms with Crippen molar-refractivity contribution >= 4 is 5.91 Å². The highest BCUT2D eigenvalue weighted by molar-refractivity contribution is 5.94. The second-order valence-corrected chi connectivity index (χ2v) is 5.92. The second-order valence-electron chi connectivity index (χ2n) is 5.92. The second kappa shape index (κ2) is 7.44. The molecule has 1 aliphatic heterocycles. The summed E-state index contributed by atoms with van der Waals surface area (Å²) < 4.78 is 11.0. The molecule has 2 heterocycles. The van der Waals surface area contributed by atoms with E-state index in [1.54, 1.807) is 6.26 Å². The van der Waals surface area contributed by atoms with Crippen molar-refractivity contribution in [1.29, 1.82) is 0 Å². The highest BCUT2D eigenvalue weighted by Crippen LogP contribution is 2.11. The van der Waals surface area contributed by atoms with E-state index in [0.29, 0.717) is 12.1 Å². The largest absolute Gasteiger partial charge is 0.463 e. The van der Waals surface area contributed by atoms with Crippen LogP contribution in [0.5, 0.6) is 0 Å². The van der Waals surface area contributed by atoms with Gasteiger partial charge in [-0.25, -0.2) is 0 Å². The first-order valence-corrected chi connectivity index (χ1v) is 8.04. The molecule has 23 heavy (non-hydrogen) atoms. The van der Waals surface area contributed by atoms with Gasteiger partial charge < -0.3 is 19.4 Å². The summed E-state index contributed by atoms with van der Waals surface area (Å²) in [6, 6.07) is 11.6. The summed E-state index contributed by atoms with van der Waals surface area (Å²) in [4.78, 5) is 13.8. The van der Waals surface area contributed by atoms with Gasteiger partial charge in [0.25, 0.3) is 5.91 Å². The Labute approximate surface area is 136 Å². The predicted octanol–water partition coefficient (Wildman–Crippen LogP) is 0.974. The van der Waals surface area contributed by atoms with E-state index in [1.807, 2.05) is 43.3 Å². The van der Waals surface area contributed by atoms with Crippen LogP contribution in [-0.2, 0) is 4.74 Å². The highest BCUT2D eigenvalue weighted by Gasteiger charge is 2.29. The molecular formula is C18H23N2O3+. The molecule has 0 spiro atoms. The number of quaternary nitrogens is 1. The smallest absolute Gasteiger partial charge is 0.251 e. The van der Waals surface area contributed by atoms with Crippen molar-refractivity contribution in [1.82, 2.24) is 5.32 Å². The molecule has 1 aromatic heterocycles. The Bertz CT molecular complexity index is 633. The van der Waals surface area contributed by atoms with Gasteiger partial charge in [-0.3, -0.25) is 4.79 Å². The third-order valence-electron chi connectivity index (χ3n) is 4.26. The molecule has 1 amide bonds. The maximum Gasteiger partial charge on any atom is 0.251 e. The van der Waals surface area contributed by atoms with E-state index in [4.69, 9.17) is 9.15 Å². The number of morpholine rings is 1. The van der Waals surface area contributed by atoms with Crippen LogP contribution in [-0.4, -0.2) is 38.8 Å². The number of amides is 1. The Morgan fingerprint density at radius 1 is 1.26 bits per heavy atom. The van der Waals surface area contributed by atoms with Crippen LogP contribution in [0.4, 0.5) is 0 Å². The number of ether oxygens (including phenoxy) is 1. The molecule has 122 valence electrons. The molecule has 0 radical (unpaired) electrons. The zero-order valence-corrected chi connectivity index (χ0v) is 13.4. The van der Waals surface area contributed by atoms with Gasteiger partial charge in [0.05, 0.1) is 26.0 Å². The fraction of sp³-hybridized carbons (Fsp3) is 0.389. The number of carbonyl (C=O) groups excluding carboxylic acids is 1. The molecule has 0 aliphatic carbocycles. The summed E-state index contributed by atoms with van der Waals surface area (Å²) >= 11 is 0. The van der Waals surface area contributed by atoms with Gasteiger partial charge in [-0.2, -0.15) is 0 Å². The zero-order valence-electron chi connectivity index (χ0n) is 13.4. The lowest BCUT2D eigenvalue weighted by atomic mass is 10.1. The minimum Gasteiger partial charge on any atom is -0.463 e. The normalized spacial score (nSPS) is 16.9. The van der Waals surface area contributed by atoms with Crippen molar-refractivity contribution in [2.75, 3.05) is 32.8 Å². The van der Waals surface area contributed by atoms with E-state index < -0.39 is 0 Å². The van der Waals surface area contributed by atoms with Crippen molar-refractivity contribution < 1.29 is 18.8 Å². The monoisotopic (exact) mass is 315 g/mol. The molecular weight excluding hydrogens is 292 g/mol. The number of rotatable bonds is 5. The number of hydrogen-bond acceptors (Lipinski definition) is 3. The van der Waals surface area contributed by atoms with Crippen LogP contribution >= 0.6 is 0 Å². The van der Waals surface area contributed by atoms with Gasteiger partial charge in [-0.1, -0.05) is 17.7 Å². The summed E-state index contributed by atoms with van der Waals surface area (Å²) in [7, 11) is 0. The molecule has 0 saturated carbocycles. The zero-order chi connectivity index (χ0) is 16.1. The molecule has 1 aromatic carbocycles. The molecule has 1 atom stereocenters. The minimum absolute atomic E-state index is 0.0436. The van der Waals surface area contributed by atoms with Gasteiger partial charge in [0.1, 0.15) is 13.1 Å². The van der Waals surface area contributed by atoms with E-state index in [9.17, 15) is 4.79 Å². The van der Waals surface area contributed by atoms with Gasteiger partial charge in [0.15, 0.2) is 11.8 Å². The molecule has 0 unspecified atom stereocenters. The lowest BCUT2D eigenvalue weighted by molar-refractivity contribution is -0.938. The topological polar surface area (TPSA) is 55.9 Å². The van der Waals surface area contributed by atoms with Gasteiger partial charge >= 0.3 is 0 Å². The van der Waals surface area contributed by atoms with Crippen LogP contribution in [0.3, 0.4) is 0 Å². The third-order valence-corrected chi connectivity index (χ3v) is 4.26.